The first kappa shape index (κ1) is 9.78. The fraction of sp³-hybridized carbons (Fsp3) is 0.545. The smallest absolute Gasteiger partial charge is 0.137 e. The lowest BCUT2D eigenvalue weighted by Crippen LogP contribution is -1.98. The summed E-state index contributed by atoms with van der Waals surface area (Å²) in [7, 11) is 0. The van der Waals surface area contributed by atoms with Crippen molar-refractivity contribution in [2.24, 2.45) is 5.92 Å². The van der Waals surface area contributed by atoms with Crippen LogP contribution in [0, 0.1) is 5.92 Å². The fourth-order valence-corrected chi connectivity index (χ4v) is 1.48. The van der Waals surface area contributed by atoms with E-state index in [0.29, 0.717) is 5.88 Å². The van der Waals surface area contributed by atoms with Crippen LogP contribution in [-0.4, -0.2) is 11.6 Å². The first-order valence-electron chi connectivity index (χ1n) is 5.02. The lowest BCUT2D eigenvalue weighted by molar-refractivity contribution is 0.301. The second-order valence-corrected chi connectivity index (χ2v) is 3.97. The molecule has 14 heavy (non-hydrogen) atoms. The molecule has 0 atom stereocenters. The average molecular weight is 212 g/mol. The number of rotatable bonds is 5. The molecular formula is C11H14ClNO. The second-order valence-electron chi connectivity index (χ2n) is 3.70. The lowest BCUT2D eigenvalue weighted by atomic mass is 10.3. The van der Waals surface area contributed by atoms with Gasteiger partial charge in [0.05, 0.1) is 24.4 Å². The van der Waals surface area contributed by atoms with Crippen molar-refractivity contribution in [2.75, 3.05) is 6.61 Å². The van der Waals surface area contributed by atoms with Crippen LogP contribution < -0.4 is 4.74 Å². The van der Waals surface area contributed by atoms with Gasteiger partial charge in [-0.3, -0.25) is 4.98 Å². The van der Waals surface area contributed by atoms with Gasteiger partial charge >= 0.3 is 0 Å². The Bertz CT molecular complexity index is 282. The molecule has 1 heterocycles. The van der Waals surface area contributed by atoms with E-state index in [1.165, 1.54) is 19.3 Å². The summed E-state index contributed by atoms with van der Waals surface area (Å²) in [4.78, 5) is 4.15. The van der Waals surface area contributed by atoms with Gasteiger partial charge in [0.25, 0.3) is 0 Å². The topological polar surface area (TPSA) is 22.1 Å². The van der Waals surface area contributed by atoms with Crippen LogP contribution in [-0.2, 0) is 5.88 Å². The minimum absolute atomic E-state index is 0.461. The highest BCUT2D eigenvalue weighted by Crippen LogP contribution is 2.32. The summed E-state index contributed by atoms with van der Waals surface area (Å²) in [5, 5.41) is 0. The van der Waals surface area contributed by atoms with Crippen LogP contribution in [0.1, 0.15) is 25.0 Å². The number of alkyl halides is 1. The Morgan fingerprint density at radius 3 is 2.86 bits per heavy atom. The first-order chi connectivity index (χ1) is 6.88. The molecule has 3 heteroatoms. The highest BCUT2D eigenvalue weighted by Gasteiger charge is 2.20. The summed E-state index contributed by atoms with van der Waals surface area (Å²) < 4.78 is 5.55. The van der Waals surface area contributed by atoms with E-state index in [4.69, 9.17) is 16.3 Å². The highest BCUT2D eigenvalue weighted by molar-refractivity contribution is 6.16. The third-order valence-corrected chi connectivity index (χ3v) is 2.70. The molecule has 1 aromatic rings. The van der Waals surface area contributed by atoms with Crippen LogP contribution in [0.25, 0.3) is 0 Å². The van der Waals surface area contributed by atoms with Crippen molar-refractivity contribution in [3.8, 4) is 5.75 Å². The monoisotopic (exact) mass is 211 g/mol. The van der Waals surface area contributed by atoms with E-state index >= 15 is 0 Å². The standard InChI is InChI=1S/C11H14ClNO/c12-7-10-3-4-11(8-13-10)14-6-5-9-1-2-9/h3-4,8-9H,1-2,5-7H2. The molecule has 1 aliphatic carbocycles. The number of hydrogen-bond donors (Lipinski definition) is 0. The molecule has 1 aromatic heterocycles. The van der Waals surface area contributed by atoms with Gasteiger partial charge in [0, 0.05) is 0 Å². The van der Waals surface area contributed by atoms with Gasteiger partial charge in [-0.1, -0.05) is 12.8 Å². The summed E-state index contributed by atoms with van der Waals surface area (Å²) in [6.07, 6.45) is 5.68. The Morgan fingerprint density at radius 1 is 1.43 bits per heavy atom. The van der Waals surface area contributed by atoms with Crippen molar-refractivity contribution >= 4 is 11.6 Å². The summed E-state index contributed by atoms with van der Waals surface area (Å²) in [5.74, 6) is 2.23. The molecule has 0 aromatic carbocycles. The molecular weight excluding hydrogens is 198 g/mol. The molecule has 1 saturated carbocycles. The van der Waals surface area contributed by atoms with Gasteiger partial charge in [-0.2, -0.15) is 0 Å². The predicted octanol–water partition coefficient (Wildman–Crippen LogP) is 3.00. The third-order valence-electron chi connectivity index (χ3n) is 2.43. The molecule has 2 nitrogen and oxygen atoms in total. The minimum Gasteiger partial charge on any atom is -0.492 e. The van der Waals surface area contributed by atoms with Crippen LogP contribution in [0.5, 0.6) is 5.75 Å². The Balaban J connectivity index is 1.77. The van der Waals surface area contributed by atoms with Gasteiger partial charge in [-0.15, -0.1) is 11.6 Å². The second kappa shape index (κ2) is 4.65. The third kappa shape index (κ3) is 2.88. The molecule has 0 spiro atoms. The molecule has 1 fully saturated rings. The number of halogens is 1. The van der Waals surface area contributed by atoms with Crippen molar-refractivity contribution < 1.29 is 4.74 Å². The van der Waals surface area contributed by atoms with Gasteiger partial charge in [0.1, 0.15) is 5.75 Å². The molecule has 76 valence electrons. The normalized spacial score (nSPS) is 15.5. The Labute approximate surface area is 89.3 Å². The van der Waals surface area contributed by atoms with E-state index in [-0.39, 0.29) is 0 Å². The van der Waals surface area contributed by atoms with E-state index in [0.717, 1.165) is 24.0 Å². The molecule has 0 amide bonds. The number of hydrogen-bond acceptors (Lipinski definition) is 2. The van der Waals surface area contributed by atoms with Gasteiger partial charge in [-0.05, 0) is 24.5 Å². The number of ether oxygens (including phenoxy) is 1. The quantitative estimate of drug-likeness (QED) is 0.699. The maximum Gasteiger partial charge on any atom is 0.137 e. The Hall–Kier alpha value is -0.760. The highest BCUT2D eigenvalue weighted by atomic mass is 35.5. The van der Waals surface area contributed by atoms with E-state index < -0.39 is 0 Å². The largest absolute Gasteiger partial charge is 0.492 e. The maximum atomic E-state index is 5.63. The molecule has 1 aliphatic rings. The molecule has 0 unspecified atom stereocenters. The van der Waals surface area contributed by atoms with Crippen molar-refractivity contribution in [1.82, 2.24) is 4.98 Å². The van der Waals surface area contributed by atoms with Crippen molar-refractivity contribution in [3.63, 3.8) is 0 Å². The molecule has 0 N–H and O–H groups in total. The Morgan fingerprint density at radius 2 is 2.29 bits per heavy atom. The molecule has 0 aliphatic heterocycles. The molecule has 2 rings (SSSR count). The maximum absolute atomic E-state index is 5.63. The van der Waals surface area contributed by atoms with Crippen molar-refractivity contribution in [2.45, 2.75) is 25.1 Å². The summed E-state index contributed by atoms with van der Waals surface area (Å²) in [6.45, 7) is 0.812. The van der Waals surface area contributed by atoms with Crippen molar-refractivity contribution in [1.29, 1.82) is 0 Å². The Kier molecular flexibility index (Phi) is 3.25. The van der Waals surface area contributed by atoms with Crippen molar-refractivity contribution in [3.05, 3.63) is 24.0 Å². The summed E-state index contributed by atoms with van der Waals surface area (Å²) in [5.41, 5.74) is 0.890. The summed E-state index contributed by atoms with van der Waals surface area (Å²) in [6, 6.07) is 3.83. The predicted molar refractivity (Wildman–Crippen MR) is 56.6 cm³/mol. The zero-order chi connectivity index (χ0) is 9.80. The zero-order valence-corrected chi connectivity index (χ0v) is 8.83. The number of nitrogens with zero attached hydrogens (tertiary/aromatic N) is 1. The van der Waals surface area contributed by atoms with E-state index in [9.17, 15) is 0 Å². The molecule has 0 saturated heterocycles. The van der Waals surface area contributed by atoms with Gasteiger partial charge in [0.15, 0.2) is 0 Å². The van der Waals surface area contributed by atoms with Crippen LogP contribution in [0.4, 0.5) is 0 Å². The van der Waals surface area contributed by atoms with E-state index in [1.807, 2.05) is 12.1 Å². The van der Waals surface area contributed by atoms with Gasteiger partial charge in [-0.25, -0.2) is 0 Å². The fourth-order valence-electron chi connectivity index (χ4n) is 1.33. The van der Waals surface area contributed by atoms with Crippen LogP contribution in [0.3, 0.4) is 0 Å². The average Bonchev–Trinajstić information content (AvgIpc) is 3.03. The van der Waals surface area contributed by atoms with Crippen LogP contribution in [0.2, 0.25) is 0 Å². The van der Waals surface area contributed by atoms with E-state index in [2.05, 4.69) is 4.98 Å². The van der Waals surface area contributed by atoms with E-state index in [1.54, 1.807) is 6.20 Å². The first-order valence-corrected chi connectivity index (χ1v) is 5.55. The minimum atomic E-state index is 0.461. The number of pyridine rings is 1. The molecule has 0 radical (unpaired) electrons. The summed E-state index contributed by atoms with van der Waals surface area (Å²) >= 11 is 5.63. The lowest BCUT2D eigenvalue weighted by Gasteiger charge is -2.04. The van der Waals surface area contributed by atoms with Crippen LogP contribution >= 0.6 is 11.6 Å². The van der Waals surface area contributed by atoms with Crippen LogP contribution in [0.15, 0.2) is 18.3 Å². The van der Waals surface area contributed by atoms with Gasteiger partial charge in [0.2, 0.25) is 0 Å². The number of aromatic nitrogens is 1. The molecule has 0 bridgehead atoms. The SMILES string of the molecule is ClCc1ccc(OCCC2CC2)cn1. The zero-order valence-electron chi connectivity index (χ0n) is 8.08. The van der Waals surface area contributed by atoms with Gasteiger partial charge < -0.3 is 4.74 Å².